The van der Waals surface area contributed by atoms with Crippen LogP contribution in [0.4, 0.5) is 5.69 Å². The minimum absolute atomic E-state index is 0.529. The molecule has 2 heterocycles. The highest BCUT2D eigenvalue weighted by Crippen LogP contribution is 2.44. The van der Waals surface area contributed by atoms with E-state index in [4.69, 9.17) is 21.5 Å². The van der Waals surface area contributed by atoms with Crippen LogP contribution in [0.3, 0.4) is 0 Å². The highest BCUT2D eigenvalue weighted by molar-refractivity contribution is 6.11. The van der Waals surface area contributed by atoms with Crippen molar-refractivity contribution in [3.05, 3.63) is 186 Å². The fourth-order valence-corrected chi connectivity index (χ4v) is 7.15. The van der Waals surface area contributed by atoms with Crippen molar-refractivity contribution >= 4 is 27.5 Å². The van der Waals surface area contributed by atoms with Gasteiger partial charge in [-0.05, 0) is 60.5 Å². The summed E-state index contributed by atoms with van der Waals surface area (Å²) < 4.78 is 2.34. The molecule has 54 heavy (non-hydrogen) atoms. The van der Waals surface area contributed by atoms with Crippen LogP contribution in [0.1, 0.15) is 11.1 Å². The van der Waals surface area contributed by atoms with Crippen LogP contribution in [0.2, 0.25) is 0 Å². The second-order valence-electron chi connectivity index (χ2n) is 13.2. The lowest BCUT2D eigenvalue weighted by molar-refractivity contribution is 1.07. The molecule has 0 atom stereocenters. The molecule has 6 nitrogen and oxygen atoms in total. The smallest absolute Gasteiger partial charge is 0.187 e. The maximum atomic E-state index is 9.73. The van der Waals surface area contributed by atoms with E-state index in [1.165, 1.54) is 5.56 Å². The first-order valence-electron chi connectivity index (χ1n) is 17.6. The number of hydrogen-bond donors (Lipinski definition) is 0. The van der Waals surface area contributed by atoms with Crippen molar-refractivity contribution < 1.29 is 0 Å². The van der Waals surface area contributed by atoms with Crippen molar-refractivity contribution in [3.8, 4) is 68.2 Å². The Bertz CT molecular complexity index is 2800. The van der Waals surface area contributed by atoms with E-state index in [0.717, 1.165) is 66.4 Å². The Morgan fingerprint density at radius 2 is 1.04 bits per heavy atom. The second kappa shape index (κ2) is 13.5. The first kappa shape index (κ1) is 32.3. The molecule has 0 amide bonds. The predicted octanol–water partition coefficient (Wildman–Crippen LogP) is 12.0. The van der Waals surface area contributed by atoms with Crippen molar-refractivity contribution in [2.24, 2.45) is 0 Å². The minimum atomic E-state index is 0.529. The van der Waals surface area contributed by atoms with E-state index in [1.54, 1.807) is 0 Å². The Hall–Kier alpha value is -7.67. The van der Waals surface area contributed by atoms with Crippen LogP contribution in [0.15, 0.2) is 164 Å². The zero-order valence-corrected chi connectivity index (χ0v) is 29.3. The van der Waals surface area contributed by atoms with Gasteiger partial charge < -0.3 is 4.57 Å². The molecule has 2 aromatic heterocycles. The first-order chi connectivity index (χ1) is 26.6. The molecule has 0 saturated heterocycles. The van der Waals surface area contributed by atoms with Crippen molar-refractivity contribution in [3.63, 3.8) is 0 Å². The fourth-order valence-electron chi connectivity index (χ4n) is 7.15. The molecular weight excluding hydrogens is 661 g/mol. The van der Waals surface area contributed by atoms with Crippen molar-refractivity contribution in [1.82, 2.24) is 19.5 Å². The maximum absolute atomic E-state index is 9.73. The van der Waals surface area contributed by atoms with Crippen molar-refractivity contribution in [2.75, 3.05) is 0 Å². The van der Waals surface area contributed by atoms with Crippen LogP contribution in [0.25, 0.3) is 88.8 Å². The summed E-state index contributed by atoms with van der Waals surface area (Å²) in [6, 6.07) is 57.0. The molecule has 0 fully saturated rings. The van der Waals surface area contributed by atoms with Gasteiger partial charge >= 0.3 is 0 Å². The number of nitrogens with zero attached hydrogens (tertiary/aromatic N) is 6. The lowest BCUT2D eigenvalue weighted by Gasteiger charge is -2.21. The van der Waals surface area contributed by atoms with E-state index in [2.05, 4.69) is 77.0 Å². The molecule has 0 spiro atoms. The largest absolute Gasteiger partial charge is 0.308 e. The summed E-state index contributed by atoms with van der Waals surface area (Å²) in [6.45, 7) is 9.78. The number of para-hydroxylation sites is 1. The topological polar surface area (TPSA) is 71.8 Å². The van der Waals surface area contributed by atoms with Gasteiger partial charge in [0.05, 0.1) is 34.9 Å². The van der Waals surface area contributed by atoms with Crippen molar-refractivity contribution in [2.45, 2.75) is 6.92 Å². The van der Waals surface area contributed by atoms with E-state index in [0.29, 0.717) is 28.7 Å². The molecule has 0 aliphatic rings. The summed E-state index contributed by atoms with van der Waals surface area (Å²) in [6.07, 6.45) is 0. The van der Waals surface area contributed by atoms with Crippen LogP contribution >= 0.6 is 0 Å². The highest BCUT2D eigenvalue weighted by atomic mass is 15.0. The summed E-state index contributed by atoms with van der Waals surface area (Å²) >= 11 is 0. The van der Waals surface area contributed by atoms with Gasteiger partial charge in [-0.15, -0.1) is 0 Å². The molecular formula is C48H30N6. The first-order valence-corrected chi connectivity index (χ1v) is 17.6. The van der Waals surface area contributed by atoms with E-state index in [9.17, 15) is 5.26 Å². The molecule has 7 aromatic carbocycles. The monoisotopic (exact) mass is 690 g/mol. The summed E-state index contributed by atoms with van der Waals surface area (Å²) in [7, 11) is 0. The molecule has 0 N–H and O–H groups in total. The van der Waals surface area contributed by atoms with Gasteiger partial charge in [0.2, 0.25) is 0 Å². The Kier molecular flexibility index (Phi) is 8.04. The van der Waals surface area contributed by atoms with Crippen LogP contribution in [-0.2, 0) is 0 Å². The average molecular weight is 691 g/mol. The number of aryl methyl sites for hydroxylation is 1. The van der Waals surface area contributed by atoms with Gasteiger partial charge in [0, 0.05) is 38.6 Å². The molecule has 6 heteroatoms. The van der Waals surface area contributed by atoms with Gasteiger partial charge in [-0.3, -0.25) is 0 Å². The van der Waals surface area contributed by atoms with Crippen LogP contribution < -0.4 is 0 Å². The molecule has 0 saturated carbocycles. The van der Waals surface area contributed by atoms with Crippen molar-refractivity contribution in [1.29, 1.82) is 5.26 Å². The third kappa shape index (κ3) is 5.75. The molecule has 0 unspecified atom stereocenters. The van der Waals surface area contributed by atoms with Gasteiger partial charge in [0.25, 0.3) is 0 Å². The third-order valence-corrected chi connectivity index (χ3v) is 9.75. The van der Waals surface area contributed by atoms with Gasteiger partial charge in [-0.25, -0.2) is 19.8 Å². The molecule has 0 radical (unpaired) electrons. The third-order valence-electron chi connectivity index (χ3n) is 9.75. The number of rotatable bonds is 6. The van der Waals surface area contributed by atoms with E-state index >= 15 is 0 Å². The normalized spacial score (nSPS) is 11.0. The quantitative estimate of drug-likeness (QED) is 0.163. The zero-order chi connectivity index (χ0) is 36.6. The predicted molar refractivity (Wildman–Crippen MR) is 217 cm³/mol. The lowest BCUT2D eigenvalue weighted by Crippen LogP contribution is -2.04. The lowest BCUT2D eigenvalue weighted by atomic mass is 9.92. The Balaban J connectivity index is 1.42. The highest BCUT2D eigenvalue weighted by Gasteiger charge is 2.23. The fraction of sp³-hybridized carbons (Fsp3) is 0.0208. The summed E-state index contributed by atoms with van der Waals surface area (Å²) in [4.78, 5) is 18.9. The van der Waals surface area contributed by atoms with Crippen LogP contribution in [-0.4, -0.2) is 19.5 Å². The van der Waals surface area contributed by atoms with Crippen LogP contribution in [0, 0.1) is 24.8 Å². The second-order valence-corrected chi connectivity index (χ2v) is 13.2. The molecule has 0 aliphatic carbocycles. The van der Waals surface area contributed by atoms with E-state index in [1.807, 2.05) is 109 Å². The van der Waals surface area contributed by atoms with Gasteiger partial charge in [0.1, 0.15) is 0 Å². The number of hydrogen-bond acceptors (Lipinski definition) is 4. The Morgan fingerprint density at radius 1 is 0.519 bits per heavy atom. The summed E-state index contributed by atoms with van der Waals surface area (Å²) in [5.74, 6) is 1.68. The average Bonchev–Trinajstić information content (AvgIpc) is 3.56. The summed E-state index contributed by atoms with van der Waals surface area (Å²) in [5.41, 5.74) is 11.8. The van der Waals surface area contributed by atoms with Gasteiger partial charge in [-0.1, -0.05) is 127 Å². The zero-order valence-electron chi connectivity index (χ0n) is 29.3. The van der Waals surface area contributed by atoms with E-state index in [-0.39, 0.29) is 0 Å². The standard InChI is InChI=1S/C48H30N6/c1-31-17-26-44-42(27-31)39-15-9-10-16-43(39)54(44)45-40(33-20-18-32(30-49)19-21-33)28-37(29-41(45)34-22-24-38(50-2)25-23-34)48-52-46(35-11-5-3-6-12-35)51-47(53-48)36-13-7-4-8-14-36/h3-29H,1H3. The number of aromatic nitrogens is 4. The van der Waals surface area contributed by atoms with Crippen LogP contribution in [0.5, 0.6) is 0 Å². The minimum Gasteiger partial charge on any atom is -0.308 e. The van der Waals surface area contributed by atoms with Gasteiger partial charge in [0.15, 0.2) is 23.2 Å². The maximum Gasteiger partial charge on any atom is 0.187 e. The number of benzene rings is 7. The molecule has 252 valence electrons. The number of fused-ring (bicyclic) bond motifs is 3. The Morgan fingerprint density at radius 3 is 1.61 bits per heavy atom. The molecule has 0 aliphatic heterocycles. The SMILES string of the molecule is [C-]#[N+]c1ccc(-c2cc(-c3nc(-c4ccccc4)nc(-c4ccccc4)n3)cc(-c3ccc(C#N)cc3)c2-n2c3ccccc3c3cc(C)ccc32)cc1. The molecule has 0 bridgehead atoms. The molecule has 9 rings (SSSR count). The van der Waals surface area contributed by atoms with Gasteiger partial charge in [-0.2, -0.15) is 5.26 Å². The van der Waals surface area contributed by atoms with E-state index < -0.39 is 0 Å². The Labute approximate surface area is 312 Å². The summed E-state index contributed by atoms with van der Waals surface area (Å²) in [5, 5.41) is 12.0. The number of nitriles is 1. The molecule has 9 aromatic rings.